The minimum Gasteiger partial charge on any atom is -0.378 e. The molecule has 0 atom stereocenters. The smallest absolute Gasteiger partial charge is 0.266 e. The Morgan fingerprint density at radius 2 is 2.00 bits per heavy atom. The molecular formula is C9H19NO4S. The van der Waals surface area contributed by atoms with Gasteiger partial charge in [-0.1, -0.05) is 0 Å². The molecular weight excluding hydrogens is 218 g/mol. The third-order valence-corrected chi connectivity index (χ3v) is 3.30. The number of rotatable bonds is 5. The first-order valence-electron chi connectivity index (χ1n) is 5.30. The zero-order valence-corrected chi connectivity index (χ0v) is 9.87. The molecule has 0 aliphatic carbocycles. The van der Waals surface area contributed by atoms with Gasteiger partial charge in [0.15, 0.2) is 0 Å². The lowest BCUT2D eigenvalue weighted by Gasteiger charge is -2.31. The van der Waals surface area contributed by atoms with Crippen molar-refractivity contribution >= 4 is 10.1 Å². The second kappa shape index (κ2) is 5.79. The SMILES string of the molecule is CCOC1CCN(CCS(=O)(=O)O)CC1. The second-order valence-corrected chi connectivity index (χ2v) is 5.35. The fourth-order valence-corrected chi connectivity index (χ4v) is 2.27. The zero-order valence-electron chi connectivity index (χ0n) is 9.05. The van der Waals surface area contributed by atoms with Crippen LogP contribution in [0.4, 0.5) is 0 Å². The quantitative estimate of drug-likeness (QED) is 0.700. The zero-order chi connectivity index (χ0) is 11.3. The Balaban J connectivity index is 2.20. The fourth-order valence-electron chi connectivity index (χ4n) is 1.78. The minimum atomic E-state index is -3.82. The lowest BCUT2D eigenvalue weighted by molar-refractivity contribution is 0.0155. The molecule has 0 unspecified atom stereocenters. The van der Waals surface area contributed by atoms with E-state index in [0.29, 0.717) is 12.6 Å². The molecule has 0 spiro atoms. The van der Waals surface area contributed by atoms with Crippen molar-refractivity contribution in [3.63, 3.8) is 0 Å². The standard InChI is InChI=1S/C9H19NO4S/c1-2-14-9-3-5-10(6-4-9)7-8-15(11,12)13/h9H,2-8H2,1H3,(H,11,12,13). The third kappa shape index (κ3) is 5.46. The summed E-state index contributed by atoms with van der Waals surface area (Å²) in [4.78, 5) is 2.04. The summed E-state index contributed by atoms with van der Waals surface area (Å²) in [5.74, 6) is -0.174. The molecule has 5 nitrogen and oxygen atoms in total. The Kier molecular flexibility index (Phi) is 4.98. The lowest BCUT2D eigenvalue weighted by Crippen LogP contribution is -2.39. The summed E-state index contributed by atoms with van der Waals surface area (Å²) in [6, 6.07) is 0. The van der Waals surface area contributed by atoms with Crippen LogP contribution in [0.5, 0.6) is 0 Å². The van der Waals surface area contributed by atoms with Gasteiger partial charge >= 0.3 is 0 Å². The fraction of sp³-hybridized carbons (Fsp3) is 1.00. The van der Waals surface area contributed by atoms with Crippen LogP contribution in [0.25, 0.3) is 0 Å². The number of nitrogens with zero attached hydrogens (tertiary/aromatic N) is 1. The van der Waals surface area contributed by atoms with Crippen LogP contribution in [0.3, 0.4) is 0 Å². The average molecular weight is 237 g/mol. The van der Waals surface area contributed by atoms with Crippen molar-refractivity contribution in [1.82, 2.24) is 4.90 Å². The molecule has 90 valence electrons. The number of hydrogen-bond acceptors (Lipinski definition) is 4. The second-order valence-electron chi connectivity index (χ2n) is 3.78. The summed E-state index contributed by atoms with van der Waals surface area (Å²) >= 11 is 0. The summed E-state index contributed by atoms with van der Waals surface area (Å²) in [7, 11) is -3.82. The molecule has 1 saturated heterocycles. The third-order valence-electron chi connectivity index (χ3n) is 2.60. The molecule has 1 N–H and O–H groups in total. The van der Waals surface area contributed by atoms with E-state index in [1.165, 1.54) is 0 Å². The van der Waals surface area contributed by atoms with Crippen molar-refractivity contribution in [2.24, 2.45) is 0 Å². The van der Waals surface area contributed by atoms with Gasteiger partial charge in [-0.2, -0.15) is 8.42 Å². The van der Waals surface area contributed by atoms with E-state index in [0.717, 1.165) is 32.5 Å². The minimum absolute atomic E-state index is 0.174. The van der Waals surface area contributed by atoms with Gasteiger partial charge in [-0.15, -0.1) is 0 Å². The van der Waals surface area contributed by atoms with Crippen molar-refractivity contribution in [1.29, 1.82) is 0 Å². The Morgan fingerprint density at radius 1 is 1.40 bits per heavy atom. The molecule has 1 aliphatic rings. The van der Waals surface area contributed by atoms with Crippen molar-refractivity contribution in [2.75, 3.05) is 32.0 Å². The van der Waals surface area contributed by atoms with Crippen LogP contribution >= 0.6 is 0 Å². The molecule has 1 aliphatic heterocycles. The highest BCUT2D eigenvalue weighted by Crippen LogP contribution is 2.13. The molecule has 0 aromatic carbocycles. The summed E-state index contributed by atoms with van der Waals surface area (Å²) in [5, 5.41) is 0. The predicted octanol–water partition coefficient (Wildman–Crippen LogP) is 0.375. The van der Waals surface area contributed by atoms with Crippen LogP contribution < -0.4 is 0 Å². The van der Waals surface area contributed by atoms with Gasteiger partial charge in [0.25, 0.3) is 10.1 Å². The van der Waals surface area contributed by atoms with Crippen LogP contribution in [-0.4, -0.2) is 56.0 Å². The van der Waals surface area contributed by atoms with Crippen molar-refractivity contribution < 1.29 is 17.7 Å². The largest absolute Gasteiger partial charge is 0.378 e. The van der Waals surface area contributed by atoms with Gasteiger partial charge in [0.05, 0.1) is 11.9 Å². The average Bonchev–Trinajstić information content (AvgIpc) is 2.16. The van der Waals surface area contributed by atoms with Gasteiger partial charge in [0.2, 0.25) is 0 Å². The van der Waals surface area contributed by atoms with Gasteiger partial charge in [0, 0.05) is 26.2 Å². The highest BCUT2D eigenvalue weighted by Gasteiger charge is 2.20. The maximum atomic E-state index is 10.5. The molecule has 15 heavy (non-hydrogen) atoms. The molecule has 0 bridgehead atoms. The number of ether oxygens (including phenoxy) is 1. The van der Waals surface area contributed by atoms with E-state index in [2.05, 4.69) is 0 Å². The first kappa shape index (κ1) is 12.9. The Hall–Kier alpha value is -0.170. The van der Waals surface area contributed by atoms with E-state index >= 15 is 0 Å². The van der Waals surface area contributed by atoms with Crippen molar-refractivity contribution in [2.45, 2.75) is 25.9 Å². The summed E-state index contributed by atoms with van der Waals surface area (Å²) in [6.07, 6.45) is 2.20. The Morgan fingerprint density at radius 3 is 2.47 bits per heavy atom. The van der Waals surface area contributed by atoms with Crippen LogP contribution in [-0.2, 0) is 14.9 Å². The van der Waals surface area contributed by atoms with E-state index in [9.17, 15) is 8.42 Å². The molecule has 6 heteroatoms. The van der Waals surface area contributed by atoms with E-state index in [1.807, 2.05) is 11.8 Å². The molecule has 0 radical (unpaired) electrons. The molecule has 0 saturated carbocycles. The van der Waals surface area contributed by atoms with Crippen LogP contribution in [0.1, 0.15) is 19.8 Å². The molecule has 0 amide bonds. The molecule has 0 aromatic heterocycles. The van der Waals surface area contributed by atoms with Crippen molar-refractivity contribution in [3.05, 3.63) is 0 Å². The van der Waals surface area contributed by atoms with Gasteiger partial charge < -0.3 is 9.64 Å². The highest BCUT2D eigenvalue weighted by molar-refractivity contribution is 7.85. The summed E-state index contributed by atoms with van der Waals surface area (Å²) < 4.78 is 35.2. The van der Waals surface area contributed by atoms with Crippen LogP contribution in [0.2, 0.25) is 0 Å². The first-order valence-corrected chi connectivity index (χ1v) is 6.91. The number of likely N-dealkylation sites (tertiary alicyclic amines) is 1. The van der Waals surface area contributed by atoms with Crippen LogP contribution in [0.15, 0.2) is 0 Å². The molecule has 1 rings (SSSR count). The van der Waals surface area contributed by atoms with Gasteiger partial charge in [-0.25, -0.2) is 0 Å². The normalized spacial score (nSPS) is 20.7. The first-order chi connectivity index (χ1) is 7.01. The molecule has 0 aromatic rings. The number of hydrogen-bond donors (Lipinski definition) is 1. The van der Waals surface area contributed by atoms with Crippen molar-refractivity contribution in [3.8, 4) is 0 Å². The van der Waals surface area contributed by atoms with Gasteiger partial charge in [-0.05, 0) is 19.8 Å². The molecule has 1 heterocycles. The predicted molar refractivity (Wildman–Crippen MR) is 57.5 cm³/mol. The topological polar surface area (TPSA) is 66.8 Å². The Bertz CT molecular complexity index is 270. The lowest BCUT2D eigenvalue weighted by atomic mass is 10.1. The Labute approximate surface area is 91.2 Å². The number of piperidine rings is 1. The highest BCUT2D eigenvalue weighted by atomic mass is 32.2. The van der Waals surface area contributed by atoms with E-state index in [-0.39, 0.29) is 5.75 Å². The maximum Gasteiger partial charge on any atom is 0.266 e. The molecule has 1 fully saturated rings. The van der Waals surface area contributed by atoms with E-state index < -0.39 is 10.1 Å². The van der Waals surface area contributed by atoms with E-state index in [4.69, 9.17) is 9.29 Å². The summed E-state index contributed by atoms with van der Waals surface area (Å²) in [5.41, 5.74) is 0. The van der Waals surface area contributed by atoms with Gasteiger partial charge in [-0.3, -0.25) is 4.55 Å². The maximum absolute atomic E-state index is 10.5. The van der Waals surface area contributed by atoms with Crippen LogP contribution in [0, 0.1) is 0 Å². The summed E-state index contributed by atoms with van der Waals surface area (Å²) in [6.45, 7) is 4.82. The van der Waals surface area contributed by atoms with E-state index in [1.54, 1.807) is 0 Å². The van der Waals surface area contributed by atoms with Gasteiger partial charge in [0.1, 0.15) is 0 Å². The monoisotopic (exact) mass is 237 g/mol.